The average Bonchev–Trinajstić information content (AvgIpc) is 2.56. The first-order chi connectivity index (χ1) is 11.8. The largest absolute Gasteiger partial charge is 0.508 e. The zero-order valence-electron chi connectivity index (χ0n) is 15.3. The molecule has 0 unspecified atom stereocenters. The molecule has 0 aliphatic rings. The summed E-state index contributed by atoms with van der Waals surface area (Å²) in [4.78, 5) is 0. The van der Waals surface area contributed by atoms with E-state index in [1.807, 2.05) is 12.1 Å². The molecule has 25 heavy (non-hydrogen) atoms. The Bertz CT molecular complexity index is 614. The van der Waals surface area contributed by atoms with E-state index in [1.54, 1.807) is 24.3 Å². The summed E-state index contributed by atoms with van der Waals surface area (Å²) in [6, 6.07) is 16.1. The van der Waals surface area contributed by atoms with E-state index in [0.29, 0.717) is 11.1 Å². The summed E-state index contributed by atoms with van der Waals surface area (Å²) < 4.78 is 0. The highest BCUT2D eigenvalue weighted by Gasteiger charge is 1.95. The van der Waals surface area contributed by atoms with Gasteiger partial charge in [-0.15, -0.1) is 0 Å². The number of nitriles is 2. The van der Waals surface area contributed by atoms with Gasteiger partial charge in [-0.05, 0) is 66.8 Å². The third-order valence-corrected chi connectivity index (χ3v) is 2.94. The molecule has 0 amide bonds. The Balaban J connectivity index is 0.000000350. The van der Waals surface area contributed by atoms with Crippen LogP contribution in [0.1, 0.15) is 45.2 Å². The van der Waals surface area contributed by atoms with Gasteiger partial charge in [0.15, 0.2) is 0 Å². The molecule has 132 valence electrons. The van der Waals surface area contributed by atoms with Gasteiger partial charge in [0, 0.05) is 0 Å². The van der Waals surface area contributed by atoms with E-state index in [0.717, 1.165) is 11.8 Å². The molecule has 2 rings (SSSR count). The molecule has 0 aliphatic heterocycles. The summed E-state index contributed by atoms with van der Waals surface area (Å²) in [6.45, 7) is 9.06. The molecule has 0 aliphatic carbocycles. The van der Waals surface area contributed by atoms with Crippen molar-refractivity contribution in [2.75, 3.05) is 0 Å². The predicted molar refractivity (Wildman–Crippen MR) is 99.9 cm³/mol. The van der Waals surface area contributed by atoms with Crippen molar-refractivity contribution in [2.45, 2.75) is 34.1 Å². The first-order valence-corrected chi connectivity index (χ1v) is 8.16. The van der Waals surface area contributed by atoms with Crippen molar-refractivity contribution < 1.29 is 10.2 Å². The monoisotopic (exact) mass is 338 g/mol. The highest BCUT2D eigenvalue weighted by molar-refractivity contribution is 5.34. The maximum absolute atomic E-state index is 8.74. The van der Waals surface area contributed by atoms with Crippen molar-refractivity contribution in [3.63, 3.8) is 0 Å². The number of hydrogen-bond donors (Lipinski definition) is 2. The molecule has 0 aromatic heterocycles. The second-order valence-electron chi connectivity index (χ2n) is 6.34. The van der Waals surface area contributed by atoms with Crippen LogP contribution < -0.4 is 0 Å². The number of benzene rings is 2. The number of phenols is 2. The lowest BCUT2D eigenvalue weighted by Crippen LogP contribution is -1.93. The van der Waals surface area contributed by atoms with Gasteiger partial charge in [0.05, 0.1) is 23.3 Å². The summed E-state index contributed by atoms with van der Waals surface area (Å²) in [7, 11) is 0. The number of nitrogens with zero attached hydrogens (tertiary/aromatic N) is 2. The average molecular weight is 338 g/mol. The Labute approximate surface area is 150 Å². The molecule has 0 saturated heterocycles. The van der Waals surface area contributed by atoms with Crippen LogP contribution in [0.4, 0.5) is 0 Å². The van der Waals surface area contributed by atoms with Gasteiger partial charge in [0.25, 0.3) is 0 Å². The summed E-state index contributed by atoms with van der Waals surface area (Å²) in [5, 5.41) is 34.1. The predicted octanol–water partition coefficient (Wildman–Crippen LogP) is 5.22. The van der Waals surface area contributed by atoms with Crippen molar-refractivity contribution in [3.8, 4) is 23.6 Å². The lowest BCUT2D eigenvalue weighted by molar-refractivity contribution is 0.469. The summed E-state index contributed by atoms with van der Waals surface area (Å²) in [5.74, 6) is 2.13. The number of phenolic OH excluding ortho intramolecular Hbond substituents is 2. The van der Waals surface area contributed by atoms with Gasteiger partial charge in [0.2, 0.25) is 0 Å². The standard InChI is InChI=1S/2C7H5NO.C7H16/c2*8-5-6-1-3-7(9)4-2-6;1-6(2)5-7(3)4/h2*1-4,9H;6-7H,5H2,1-4H3. The lowest BCUT2D eigenvalue weighted by atomic mass is 10.0. The highest BCUT2D eigenvalue weighted by Crippen LogP contribution is 2.09. The molecule has 2 N–H and O–H groups in total. The van der Waals surface area contributed by atoms with E-state index < -0.39 is 0 Å². The third-order valence-electron chi connectivity index (χ3n) is 2.94. The van der Waals surface area contributed by atoms with Crippen LogP contribution in [0.15, 0.2) is 48.5 Å². The fraction of sp³-hybridized carbons (Fsp3) is 0.333. The van der Waals surface area contributed by atoms with Crippen molar-refractivity contribution in [1.29, 1.82) is 10.5 Å². The highest BCUT2D eigenvalue weighted by atomic mass is 16.3. The molecular weight excluding hydrogens is 312 g/mol. The molecule has 0 bridgehead atoms. The topological polar surface area (TPSA) is 88.0 Å². The van der Waals surface area contributed by atoms with Crippen molar-refractivity contribution in [3.05, 3.63) is 59.7 Å². The minimum absolute atomic E-state index is 0.189. The van der Waals surface area contributed by atoms with Gasteiger partial charge in [-0.1, -0.05) is 27.7 Å². The quantitative estimate of drug-likeness (QED) is 0.786. The minimum atomic E-state index is 0.189. The summed E-state index contributed by atoms with van der Waals surface area (Å²) >= 11 is 0. The lowest BCUT2D eigenvalue weighted by Gasteiger charge is -2.05. The molecule has 2 aromatic carbocycles. The third kappa shape index (κ3) is 12.1. The van der Waals surface area contributed by atoms with Crippen LogP contribution in [0.25, 0.3) is 0 Å². The minimum Gasteiger partial charge on any atom is -0.508 e. The van der Waals surface area contributed by atoms with Crippen molar-refractivity contribution in [1.82, 2.24) is 0 Å². The van der Waals surface area contributed by atoms with Crippen LogP contribution in [0, 0.1) is 34.5 Å². The van der Waals surface area contributed by atoms with Gasteiger partial charge in [-0.25, -0.2) is 0 Å². The van der Waals surface area contributed by atoms with Crippen LogP contribution >= 0.6 is 0 Å². The van der Waals surface area contributed by atoms with Gasteiger partial charge < -0.3 is 10.2 Å². The fourth-order valence-corrected chi connectivity index (χ4v) is 2.01. The normalized spacial score (nSPS) is 9.12. The molecule has 0 saturated carbocycles. The van der Waals surface area contributed by atoms with E-state index in [2.05, 4.69) is 27.7 Å². The van der Waals surface area contributed by atoms with Crippen LogP contribution in [-0.4, -0.2) is 10.2 Å². The van der Waals surface area contributed by atoms with Gasteiger partial charge in [-0.3, -0.25) is 0 Å². The number of aromatic hydroxyl groups is 2. The van der Waals surface area contributed by atoms with E-state index in [4.69, 9.17) is 20.7 Å². The number of hydrogen-bond acceptors (Lipinski definition) is 4. The Morgan fingerprint density at radius 2 is 0.960 bits per heavy atom. The fourth-order valence-electron chi connectivity index (χ4n) is 2.01. The molecule has 2 aromatic rings. The van der Waals surface area contributed by atoms with Crippen LogP contribution in [-0.2, 0) is 0 Å². The maximum atomic E-state index is 8.74. The molecule has 0 atom stereocenters. The molecule has 4 heteroatoms. The SMILES string of the molecule is CC(C)CC(C)C.N#Cc1ccc(O)cc1.N#Cc1ccc(O)cc1. The summed E-state index contributed by atoms with van der Waals surface area (Å²) in [6.07, 6.45) is 1.36. The molecule has 0 heterocycles. The van der Waals surface area contributed by atoms with Crippen LogP contribution in [0.3, 0.4) is 0 Å². The Morgan fingerprint density at radius 3 is 1.12 bits per heavy atom. The molecule has 0 fully saturated rings. The van der Waals surface area contributed by atoms with Gasteiger partial charge in [0.1, 0.15) is 11.5 Å². The van der Waals surface area contributed by atoms with E-state index in [1.165, 1.54) is 30.7 Å². The Morgan fingerprint density at radius 1 is 0.680 bits per heavy atom. The zero-order valence-corrected chi connectivity index (χ0v) is 15.3. The molecular formula is C21H26N2O2. The van der Waals surface area contributed by atoms with E-state index in [-0.39, 0.29) is 11.5 Å². The van der Waals surface area contributed by atoms with Crippen LogP contribution in [0.2, 0.25) is 0 Å². The van der Waals surface area contributed by atoms with Crippen molar-refractivity contribution >= 4 is 0 Å². The van der Waals surface area contributed by atoms with E-state index >= 15 is 0 Å². The first-order valence-electron chi connectivity index (χ1n) is 8.16. The zero-order chi connectivity index (χ0) is 19.2. The summed E-state index contributed by atoms with van der Waals surface area (Å²) in [5.41, 5.74) is 1.13. The van der Waals surface area contributed by atoms with E-state index in [9.17, 15) is 0 Å². The van der Waals surface area contributed by atoms with Gasteiger partial charge in [-0.2, -0.15) is 10.5 Å². The Hall–Kier alpha value is -2.98. The first kappa shape index (κ1) is 22.0. The molecule has 0 radical (unpaired) electrons. The maximum Gasteiger partial charge on any atom is 0.115 e. The Kier molecular flexibility index (Phi) is 11.0. The van der Waals surface area contributed by atoms with Gasteiger partial charge >= 0.3 is 0 Å². The number of rotatable bonds is 2. The molecule has 4 nitrogen and oxygen atoms in total. The van der Waals surface area contributed by atoms with Crippen LogP contribution in [0.5, 0.6) is 11.5 Å². The smallest absolute Gasteiger partial charge is 0.115 e. The second kappa shape index (κ2) is 12.4. The van der Waals surface area contributed by atoms with Crippen molar-refractivity contribution in [2.24, 2.45) is 11.8 Å². The molecule has 0 spiro atoms. The second-order valence-corrected chi connectivity index (χ2v) is 6.34.